The molecule has 1 aromatic rings. The Morgan fingerprint density at radius 1 is 1.04 bits per heavy atom. The van der Waals surface area contributed by atoms with Crippen LogP contribution in [0.3, 0.4) is 0 Å². The maximum Gasteiger partial charge on any atom is 0.410 e. The molecular formula is C39H60N6O10. The summed E-state index contributed by atoms with van der Waals surface area (Å²) >= 11 is 0. The fourth-order valence-electron chi connectivity index (χ4n) is 7.60. The second-order valence-electron chi connectivity index (χ2n) is 15.4. The molecule has 0 bridgehead atoms. The van der Waals surface area contributed by atoms with Gasteiger partial charge in [0.1, 0.15) is 29.8 Å². The van der Waals surface area contributed by atoms with Crippen LogP contribution in [0.2, 0.25) is 0 Å². The summed E-state index contributed by atoms with van der Waals surface area (Å²) in [6.45, 7) is 13.0. The predicted molar refractivity (Wildman–Crippen MR) is 203 cm³/mol. The number of aliphatic hydroxyl groups is 1. The monoisotopic (exact) mass is 772 g/mol. The van der Waals surface area contributed by atoms with Gasteiger partial charge in [0.2, 0.25) is 23.6 Å². The van der Waals surface area contributed by atoms with Crippen molar-refractivity contribution < 1.29 is 48.0 Å². The molecule has 1 spiro atoms. The summed E-state index contributed by atoms with van der Waals surface area (Å²) in [5.41, 5.74) is -0.770. The summed E-state index contributed by atoms with van der Waals surface area (Å²) in [6, 6.07) is 4.85. The Hall–Kier alpha value is -4.12. The first kappa shape index (κ1) is 43.6. The Morgan fingerprint density at radius 3 is 2.31 bits per heavy atom. The van der Waals surface area contributed by atoms with Gasteiger partial charge in [-0.05, 0) is 71.1 Å². The van der Waals surface area contributed by atoms with Gasteiger partial charge >= 0.3 is 6.09 Å². The number of aliphatic hydroxyl groups excluding tert-OH is 1. The number of likely N-dealkylation sites (N-methyl/N-ethyl adjacent to an activating group) is 1. The Bertz CT molecular complexity index is 1470. The van der Waals surface area contributed by atoms with Crippen molar-refractivity contribution in [2.24, 2.45) is 16.8 Å². The van der Waals surface area contributed by atoms with Gasteiger partial charge in [0.05, 0.1) is 46.2 Å². The van der Waals surface area contributed by atoms with E-state index in [-0.39, 0.29) is 32.1 Å². The number of ether oxygens (including phenoxy) is 4. The van der Waals surface area contributed by atoms with Crippen LogP contribution in [-0.2, 0) is 38.1 Å². The molecule has 2 saturated heterocycles. The fourth-order valence-corrected chi connectivity index (χ4v) is 7.60. The second-order valence-corrected chi connectivity index (χ2v) is 15.4. The van der Waals surface area contributed by atoms with Crippen molar-refractivity contribution in [1.29, 1.82) is 0 Å². The molecule has 0 aromatic heterocycles. The smallest absolute Gasteiger partial charge is 0.410 e. The minimum atomic E-state index is -1.12. The summed E-state index contributed by atoms with van der Waals surface area (Å²) in [5, 5.41) is 19.0. The molecular weight excluding hydrogens is 712 g/mol. The molecule has 4 N–H and O–H groups in total. The van der Waals surface area contributed by atoms with Gasteiger partial charge in [-0.15, -0.1) is 0 Å². The number of carbonyl (C=O) groups is 5. The van der Waals surface area contributed by atoms with Crippen molar-refractivity contribution in [3.8, 4) is 0 Å². The summed E-state index contributed by atoms with van der Waals surface area (Å²) in [6.07, 6.45) is 1.72. The van der Waals surface area contributed by atoms with Gasteiger partial charge in [-0.2, -0.15) is 0 Å². The van der Waals surface area contributed by atoms with Crippen LogP contribution >= 0.6 is 0 Å². The van der Waals surface area contributed by atoms with E-state index in [4.69, 9.17) is 18.9 Å². The molecule has 2 aliphatic heterocycles. The van der Waals surface area contributed by atoms with E-state index in [1.807, 2.05) is 6.07 Å². The summed E-state index contributed by atoms with van der Waals surface area (Å²) in [4.78, 5) is 75.3. The van der Waals surface area contributed by atoms with Crippen LogP contribution in [-0.4, -0.2) is 147 Å². The lowest BCUT2D eigenvalue weighted by Crippen LogP contribution is -2.60. The van der Waals surface area contributed by atoms with Gasteiger partial charge in [0.25, 0.3) is 0 Å². The Kier molecular flexibility index (Phi) is 16.0. The number of carbonyl (C=O) groups excluding carboxylic acids is 5. The number of rotatable bonds is 21. The average molecular weight is 773 g/mol. The van der Waals surface area contributed by atoms with Crippen LogP contribution in [0.1, 0.15) is 71.4 Å². The molecule has 55 heavy (non-hydrogen) atoms. The number of nitrogens with one attached hydrogen (secondary N) is 3. The van der Waals surface area contributed by atoms with Crippen molar-refractivity contribution in [3.05, 3.63) is 35.9 Å². The molecule has 1 saturated carbocycles. The summed E-state index contributed by atoms with van der Waals surface area (Å²) < 4.78 is 21.9. The fraction of sp³-hybridized carbons (Fsp3) is 0.692. The Labute approximate surface area is 324 Å². The molecule has 16 heteroatoms. The number of hydrogen-bond acceptors (Lipinski definition) is 11. The van der Waals surface area contributed by atoms with Crippen LogP contribution < -0.4 is 16.0 Å². The van der Waals surface area contributed by atoms with Crippen LogP contribution in [0.25, 0.3) is 0 Å². The van der Waals surface area contributed by atoms with E-state index in [0.29, 0.717) is 70.8 Å². The largest absolute Gasteiger partial charge is 0.444 e. The summed E-state index contributed by atoms with van der Waals surface area (Å²) in [7, 11) is 1.47. The SMILES string of the molecule is C=NCCOCCOCCOCCNC(=O)[C@@H](NC(=O)[C@@H]1CCC23CC2C[C@H](CO)[C@H](NC(=O)[C@H](CC)N(C)C(=O)OC(C)(C)C)C(=O)N13)c1ccccc1. The minimum absolute atomic E-state index is 0.0477. The first-order valence-corrected chi connectivity index (χ1v) is 19.3. The highest BCUT2D eigenvalue weighted by Crippen LogP contribution is 2.61. The van der Waals surface area contributed by atoms with Gasteiger partial charge < -0.3 is 44.9 Å². The van der Waals surface area contributed by atoms with E-state index in [9.17, 15) is 29.1 Å². The van der Waals surface area contributed by atoms with Crippen molar-refractivity contribution in [3.63, 3.8) is 0 Å². The molecule has 7 atom stereocenters. The van der Waals surface area contributed by atoms with Gasteiger partial charge in [0, 0.05) is 31.7 Å². The highest BCUT2D eigenvalue weighted by Gasteiger charge is 2.68. The first-order valence-electron chi connectivity index (χ1n) is 19.3. The molecule has 0 radical (unpaired) electrons. The van der Waals surface area contributed by atoms with Crippen molar-refractivity contribution in [1.82, 2.24) is 25.8 Å². The normalized spacial score (nSPS) is 24.0. The minimum Gasteiger partial charge on any atom is -0.444 e. The molecule has 3 aliphatic rings. The van der Waals surface area contributed by atoms with E-state index >= 15 is 0 Å². The highest BCUT2D eigenvalue weighted by molar-refractivity contribution is 5.97. The number of hydrogen-bond donors (Lipinski definition) is 4. The molecule has 306 valence electrons. The standard InChI is InChI=1S/C39H60N6O10/c1-7-29(44(6)37(51)55-38(2,3)4)33(47)43-32-27(25-46)23-28-24-39(28)14-13-30(45(39)36(32)50)34(48)42-31(26-11-9-8-10-12-26)35(49)41-16-18-53-20-22-54-21-19-52-17-15-40-5/h8-12,27-32,46H,5,7,13-25H2,1-4,6H3,(H,41,49)(H,42,48)(H,43,47)/t27-,28?,29+,30+,31+,32+,39?/m1/s1. The Morgan fingerprint density at radius 2 is 1.69 bits per heavy atom. The van der Waals surface area contributed by atoms with Crippen LogP contribution in [0.4, 0.5) is 4.79 Å². The third-order valence-electron chi connectivity index (χ3n) is 10.4. The van der Waals surface area contributed by atoms with Gasteiger partial charge in [-0.1, -0.05) is 37.3 Å². The van der Waals surface area contributed by atoms with E-state index in [0.717, 1.165) is 0 Å². The zero-order valence-corrected chi connectivity index (χ0v) is 32.9. The van der Waals surface area contributed by atoms with Crippen LogP contribution in [0, 0.1) is 11.8 Å². The average Bonchev–Trinajstić information content (AvgIpc) is 3.72. The second kappa shape index (κ2) is 20.2. The quantitative estimate of drug-likeness (QED) is 0.105. The van der Waals surface area contributed by atoms with Crippen molar-refractivity contribution in [2.75, 3.05) is 66.4 Å². The molecule has 1 aliphatic carbocycles. The van der Waals surface area contributed by atoms with E-state index < -0.39 is 70.9 Å². The molecule has 2 unspecified atom stereocenters. The van der Waals surface area contributed by atoms with Gasteiger partial charge in [0.15, 0.2) is 0 Å². The zero-order valence-electron chi connectivity index (χ0n) is 32.9. The summed E-state index contributed by atoms with van der Waals surface area (Å²) in [5.74, 6) is -2.48. The lowest BCUT2D eigenvalue weighted by atomic mass is 9.93. The molecule has 1 aromatic carbocycles. The molecule has 2 heterocycles. The molecule has 5 amide bonds. The van der Waals surface area contributed by atoms with Crippen molar-refractivity contribution >= 4 is 36.4 Å². The molecule has 3 fully saturated rings. The highest BCUT2D eigenvalue weighted by atomic mass is 16.6. The van der Waals surface area contributed by atoms with Crippen LogP contribution in [0.5, 0.6) is 0 Å². The maximum atomic E-state index is 14.5. The van der Waals surface area contributed by atoms with E-state index in [2.05, 4.69) is 27.7 Å². The van der Waals surface area contributed by atoms with Gasteiger partial charge in [-0.25, -0.2) is 4.79 Å². The predicted octanol–water partition coefficient (Wildman–Crippen LogP) is 1.60. The lowest BCUT2D eigenvalue weighted by molar-refractivity contribution is -0.146. The number of aliphatic imine (C=N–C) groups is 1. The number of nitrogens with zero attached hydrogens (tertiary/aromatic N) is 3. The third kappa shape index (κ3) is 11.5. The van der Waals surface area contributed by atoms with Crippen molar-refractivity contribution in [2.45, 2.75) is 95.1 Å². The topological polar surface area (TPSA) is 197 Å². The van der Waals surface area contributed by atoms with Crippen LogP contribution in [0.15, 0.2) is 35.3 Å². The maximum absolute atomic E-state index is 14.5. The zero-order chi connectivity index (χ0) is 40.2. The number of benzene rings is 1. The van der Waals surface area contributed by atoms with E-state index in [1.54, 1.807) is 56.9 Å². The molecule has 16 nitrogen and oxygen atoms in total. The Balaban J connectivity index is 1.40. The molecule has 4 rings (SSSR count). The van der Waals surface area contributed by atoms with Gasteiger partial charge in [-0.3, -0.25) is 29.1 Å². The third-order valence-corrected chi connectivity index (χ3v) is 10.4. The number of amides is 5. The lowest BCUT2D eigenvalue weighted by Gasteiger charge is -2.35. The van der Waals surface area contributed by atoms with E-state index in [1.165, 1.54) is 11.9 Å². The first-order chi connectivity index (χ1) is 26.3.